The number of pyridine rings is 1. The van der Waals surface area contributed by atoms with Crippen LogP contribution in [0.3, 0.4) is 0 Å². The Bertz CT molecular complexity index is 853. The van der Waals surface area contributed by atoms with E-state index >= 15 is 0 Å². The summed E-state index contributed by atoms with van der Waals surface area (Å²) in [5.74, 6) is 0.125. The molecule has 0 amide bonds. The number of carbonyl (C=O) groups excluding carboxylic acids is 1. The van der Waals surface area contributed by atoms with Gasteiger partial charge in [-0.2, -0.15) is 4.57 Å². The number of nitrogens with zero attached hydrogens (tertiary/aromatic N) is 1. The first-order chi connectivity index (χ1) is 12.2. The minimum Gasteiger partial charge on any atom is -1.00 e. The van der Waals surface area contributed by atoms with Crippen LogP contribution >= 0.6 is 0 Å². The van der Waals surface area contributed by atoms with E-state index in [1.807, 2.05) is 71.6 Å². The molecule has 26 heavy (non-hydrogen) atoms. The Kier molecular flexibility index (Phi) is 7.49. The lowest BCUT2D eigenvalue weighted by Gasteiger charge is -2.01. The molecule has 2 nitrogen and oxygen atoms in total. The normalized spacial score (nSPS) is 10.5. The molecule has 0 unspecified atom stereocenters. The van der Waals surface area contributed by atoms with Crippen LogP contribution in [0, 0.1) is 0 Å². The highest BCUT2D eigenvalue weighted by Gasteiger charge is 2.11. The molecular weight excluding hydrogens is 386 g/mol. The number of benzene rings is 2. The molecule has 132 valence electrons. The summed E-state index contributed by atoms with van der Waals surface area (Å²) < 4.78 is 1.91. The van der Waals surface area contributed by atoms with Gasteiger partial charge in [-0.25, -0.2) is 0 Å². The lowest BCUT2D eigenvalue weighted by Crippen LogP contribution is -3.00. The molecule has 1 heterocycles. The van der Waals surface area contributed by atoms with Crippen molar-refractivity contribution in [2.24, 2.45) is 0 Å². The van der Waals surface area contributed by atoms with Crippen molar-refractivity contribution < 1.29 is 26.3 Å². The largest absolute Gasteiger partial charge is 1.00 e. The Hall–Kier alpha value is -2.52. The van der Waals surface area contributed by atoms with Crippen LogP contribution in [-0.4, -0.2) is 5.78 Å². The number of carbonyl (C=O) groups is 1. The molecule has 0 aliphatic carbocycles. The van der Waals surface area contributed by atoms with Crippen LogP contribution in [0.15, 0.2) is 79.1 Å². The van der Waals surface area contributed by atoms with Gasteiger partial charge >= 0.3 is 0 Å². The van der Waals surface area contributed by atoms with Crippen molar-refractivity contribution in [1.82, 2.24) is 0 Å². The molecule has 0 N–H and O–H groups in total. The van der Waals surface area contributed by atoms with E-state index in [4.69, 9.17) is 0 Å². The third-order valence-corrected chi connectivity index (χ3v) is 4.20. The summed E-state index contributed by atoms with van der Waals surface area (Å²) in [6, 6.07) is 22.1. The molecule has 1 aromatic heterocycles. The van der Waals surface area contributed by atoms with Crippen molar-refractivity contribution >= 4 is 17.9 Å². The number of halogens is 1. The summed E-state index contributed by atoms with van der Waals surface area (Å²) >= 11 is 0. The second-order valence-electron chi connectivity index (χ2n) is 6.02. The predicted molar refractivity (Wildman–Crippen MR) is 102 cm³/mol. The SMILES string of the molecule is CCc1ccc(C(=O)C[n+]2ccc(/C=C/c3ccccc3)cc2)cc1.[Br-]. The van der Waals surface area contributed by atoms with Gasteiger partial charge in [0.15, 0.2) is 12.4 Å². The van der Waals surface area contributed by atoms with E-state index < -0.39 is 0 Å². The van der Waals surface area contributed by atoms with E-state index in [9.17, 15) is 4.79 Å². The average Bonchev–Trinajstić information content (AvgIpc) is 2.68. The van der Waals surface area contributed by atoms with Gasteiger partial charge in [-0.3, -0.25) is 4.79 Å². The zero-order valence-electron chi connectivity index (χ0n) is 14.8. The lowest BCUT2D eigenvalue weighted by molar-refractivity contribution is -0.683. The van der Waals surface area contributed by atoms with Crippen LogP contribution < -0.4 is 21.5 Å². The maximum atomic E-state index is 12.4. The standard InChI is InChI=1S/C23H22NO.BrH/c1-2-19-10-12-22(13-11-19)23(25)18-24-16-14-21(15-17-24)9-8-20-6-4-3-5-7-20;/h3-17H,2,18H2,1H3;1H/q+1;/p-1/b9-8+;. The van der Waals surface area contributed by atoms with Crippen LogP contribution in [0.5, 0.6) is 0 Å². The van der Waals surface area contributed by atoms with Gasteiger partial charge < -0.3 is 17.0 Å². The molecule has 0 bridgehead atoms. The Balaban J connectivity index is 0.00000243. The molecular formula is C23H22BrNO. The first kappa shape index (κ1) is 19.8. The van der Waals surface area contributed by atoms with E-state index in [2.05, 4.69) is 31.2 Å². The molecule has 3 rings (SSSR count). The molecule has 0 saturated carbocycles. The highest BCUT2D eigenvalue weighted by atomic mass is 79.9. The van der Waals surface area contributed by atoms with E-state index in [-0.39, 0.29) is 22.8 Å². The zero-order chi connectivity index (χ0) is 17.5. The predicted octanol–water partition coefficient (Wildman–Crippen LogP) is 1.59. The van der Waals surface area contributed by atoms with Crippen molar-refractivity contribution in [1.29, 1.82) is 0 Å². The van der Waals surface area contributed by atoms with Gasteiger partial charge in [-0.1, -0.05) is 73.7 Å². The molecule has 2 aromatic carbocycles. The van der Waals surface area contributed by atoms with Crippen LogP contribution in [-0.2, 0) is 13.0 Å². The van der Waals surface area contributed by atoms with Crippen molar-refractivity contribution in [2.45, 2.75) is 19.9 Å². The van der Waals surface area contributed by atoms with Gasteiger partial charge in [0.2, 0.25) is 12.3 Å². The van der Waals surface area contributed by atoms with Crippen LogP contribution in [0.25, 0.3) is 12.2 Å². The number of hydrogen-bond donors (Lipinski definition) is 0. The van der Waals surface area contributed by atoms with E-state index in [0.717, 1.165) is 17.5 Å². The third-order valence-electron chi connectivity index (χ3n) is 4.20. The summed E-state index contributed by atoms with van der Waals surface area (Å²) in [6.07, 6.45) is 9.04. The van der Waals surface area contributed by atoms with Gasteiger partial charge in [-0.05, 0) is 23.1 Å². The van der Waals surface area contributed by atoms with Gasteiger partial charge in [-0.15, -0.1) is 0 Å². The van der Waals surface area contributed by atoms with E-state index in [0.29, 0.717) is 6.54 Å². The summed E-state index contributed by atoms with van der Waals surface area (Å²) in [5, 5.41) is 0. The number of aryl methyl sites for hydroxylation is 1. The highest BCUT2D eigenvalue weighted by molar-refractivity contribution is 5.95. The number of hydrogen-bond acceptors (Lipinski definition) is 1. The van der Waals surface area contributed by atoms with Crippen molar-refractivity contribution in [3.05, 3.63) is 101 Å². The summed E-state index contributed by atoms with van der Waals surface area (Å²) in [5.41, 5.74) is 4.29. The van der Waals surface area contributed by atoms with Crippen LogP contribution in [0.1, 0.15) is 34.0 Å². The first-order valence-electron chi connectivity index (χ1n) is 8.59. The van der Waals surface area contributed by atoms with Gasteiger partial charge in [0.05, 0.1) is 0 Å². The van der Waals surface area contributed by atoms with Crippen molar-refractivity contribution in [2.75, 3.05) is 0 Å². The fourth-order valence-corrected chi connectivity index (χ4v) is 2.63. The molecule has 0 spiro atoms. The topological polar surface area (TPSA) is 20.9 Å². The van der Waals surface area contributed by atoms with Gasteiger partial charge in [0.25, 0.3) is 0 Å². The second kappa shape index (κ2) is 9.83. The van der Waals surface area contributed by atoms with Crippen molar-refractivity contribution in [3.63, 3.8) is 0 Å². The maximum absolute atomic E-state index is 12.4. The smallest absolute Gasteiger partial charge is 0.227 e. The minimum absolute atomic E-state index is 0. The average molecular weight is 408 g/mol. The van der Waals surface area contributed by atoms with Gasteiger partial charge in [0.1, 0.15) is 0 Å². The molecule has 0 radical (unpaired) electrons. The first-order valence-corrected chi connectivity index (χ1v) is 8.59. The monoisotopic (exact) mass is 407 g/mol. The zero-order valence-corrected chi connectivity index (χ0v) is 16.4. The molecule has 0 fully saturated rings. The van der Waals surface area contributed by atoms with Crippen molar-refractivity contribution in [3.8, 4) is 0 Å². The maximum Gasteiger partial charge on any atom is 0.227 e. The Morgan fingerprint density at radius 2 is 1.42 bits per heavy atom. The summed E-state index contributed by atoms with van der Waals surface area (Å²) in [7, 11) is 0. The molecule has 0 aliphatic rings. The van der Waals surface area contributed by atoms with Gasteiger partial charge in [0, 0.05) is 17.7 Å². The Labute approximate surface area is 165 Å². The van der Waals surface area contributed by atoms with E-state index in [1.54, 1.807) is 0 Å². The van der Waals surface area contributed by atoms with E-state index in [1.165, 1.54) is 11.1 Å². The number of ketones is 1. The summed E-state index contributed by atoms with van der Waals surface area (Å²) in [4.78, 5) is 12.4. The quantitative estimate of drug-likeness (QED) is 0.449. The molecule has 3 aromatic rings. The Morgan fingerprint density at radius 3 is 2.00 bits per heavy atom. The third kappa shape index (κ3) is 5.50. The highest BCUT2D eigenvalue weighted by Crippen LogP contribution is 2.08. The van der Waals surface area contributed by atoms with Crippen LogP contribution in [0.4, 0.5) is 0 Å². The Morgan fingerprint density at radius 1 is 0.846 bits per heavy atom. The summed E-state index contributed by atoms with van der Waals surface area (Å²) in [6.45, 7) is 2.47. The molecule has 3 heteroatoms. The molecule has 0 atom stereocenters. The molecule has 0 aliphatic heterocycles. The fraction of sp³-hybridized carbons (Fsp3) is 0.130. The molecule has 0 saturated heterocycles. The minimum atomic E-state index is 0. The van der Waals surface area contributed by atoms with Crippen LogP contribution in [0.2, 0.25) is 0 Å². The second-order valence-corrected chi connectivity index (χ2v) is 6.02. The number of rotatable bonds is 6. The number of Topliss-reactive ketones (excluding diaryl/α,β-unsaturated/α-hetero) is 1. The number of aromatic nitrogens is 1. The fourth-order valence-electron chi connectivity index (χ4n) is 2.63. The lowest BCUT2D eigenvalue weighted by atomic mass is 10.1.